The van der Waals surface area contributed by atoms with Crippen LogP contribution >= 0.6 is 0 Å². The van der Waals surface area contributed by atoms with Gasteiger partial charge in [-0.15, -0.1) is 0 Å². The van der Waals surface area contributed by atoms with Crippen molar-refractivity contribution < 1.29 is 0 Å². The molecule has 0 bridgehead atoms. The second kappa shape index (κ2) is 3.20. The van der Waals surface area contributed by atoms with Crippen LogP contribution in [-0.2, 0) is 0 Å². The van der Waals surface area contributed by atoms with Gasteiger partial charge in [-0.1, -0.05) is 13.3 Å². The van der Waals surface area contributed by atoms with Gasteiger partial charge in [-0.3, -0.25) is 0 Å². The zero-order chi connectivity index (χ0) is 9.26. The number of nitrogens with two attached hydrogens (primary N) is 1. The lowest BCUT2D eigenvalue weighted by molar-refractivity contribution is 0.773. The third-order valence-electron chi connectivity index (χ3n) is 2.51. The number of nitrogens with zero attached hydrogens (tertiary/aromatic N) is 2. The quantitative estimate of drug-likeness (QED) is 0.731. The second-order valence-electron chi connectivity index (χ2n) is 3.48. The molecule has 2 atom stereocenters. The van der Waals surface area contributed by atoms with E-state index in [2.05, 4.69) is 22.2 Å². The Kier molecular flexibility index (Phi) is 2.04. The highest BCUT2D eigenvalue weighted by molar-refractivity contribution is 5.60. The van der Waals surface area contributed by atoms with Crippen LogP contribution in [0.1, 0.15) is 19.8 Å². The summed E-state index contributed by atoms with van der Waals surface area (Å²) in [5.74, 6) is 1.57. The molecule has 1 fully saturated rings. The molecule has 0 amide bonds. The molecule has 0 saturated heterocycles. The smallest absolute Gasteiger partial charge is 0.152 e. The molecule has 1 aliphatic rings. The summed E-state index contributed by atoms with van der Waals surface area (Å²) in [5.41, 5.74) is 6.32. The molecule has 4 nitrogen and oxygen atoms in total. The molecular formula is C9H14N4. The van der Waals surface area contributed by atoms with Crippen molar-refractivity contribution in [2.45, 2.75) is 25.8 Å². The fourth-order valence-electron chi connectivity index (χ4n) is 1.51. The Labute approximate surface area is 77.6 Å². The van der Waals surface area contributed by atoms with Gasteiger partial charge in [0.15, 0.2) is 5.82 Å². The largest absolute Gasteiger partial charge is 0.394 e. The lowest BCUT2D eigenvalue weighted by atomic mass is 10.3. The van der Waals surface area contributed by atoms with E-state index in [0.29, 0.717) is 11.7 Å². The molecule has 0 spiro atoms. The first-order valence-electron chi connectivity index (χ1n) is 4.63. The first kappa shape index (κ1) is 8.29. The molecule has 1 aromatic rings. The van der Waals surface area contributed by atoms with Crippen LogP contribution < -0.4 is 11.1 Å². The summed E-state index contributed by atoms with van der Waals surface area (Å²) < 4.78 is 0. The Bertz CT molecular complexity index is 299. The van der Waals surface area contributed by atoms with Gasteiger partial charge in [-0.2, -0.15) is 0 Å². The van der Waals surface area contributed by atoms with Gasteiger partial charge in [0.05, 0.1) is 11.9 Å². The van der Waals surface area contributed by atoms with E-state index in [1.54, 1.807) is 6.20 Å². The summed E-state index contributed by atoms with van der Waals surface area (Å²) in [6.45, 7) is 2.20. The zero-order valence-corrected chi connectivity index (χ0v) is 7.70. The molecule has 13 heavy (non-hydrogen) atoms. The highest BCUT2D eigenvalue weighted by Crippen LogP contribution is 2.36. The van der Waals surface area contributed by atoms with Crippen LogP contribution in [0.4, 0.5) is 11.5 Å². The zero-order valence-electron chi connectivity index (χ0n) is 7.70. The number of hydrogen-bond acceptors (Lipinski definition) is 4. The van der Waals surface area contributed by atoms with E-state index in [-0.39, 0.29) is 0 Å². The van der Waals surface area contributed by atoms with Crippen LogP contribution in [-0.4, -0.2) is 16.0 Å². The Balaban J connectivity index is 1.99. The van der Waals surface area contributed by atoms with Gasteiger partial charge in [-0.25, -0.2) is 9.97 Å². The van der Waals surface area contributed by atoms with Gasteiger partial charge in [0.25, 0.3) is 0 Å². The maximum absolute atomic E-state index is 5.70. The van der Waals surface area contributed by atoms with Gasteiger partial charge in [0.2, 0.25) is 0 Å². The molecule has 2 rings (SSSR count). The van der Waals surface area contributed by atoms with Crippen molar-refractivity contribution in [3.05, 3.63) is 12.5 Å². The number of rotatable bonds is 3. The monoisotopic (exact) mass is 178 g/mol. The molecule has 1 aliphatic carbocycles. The standard InChI is InChI=1S/C9H14N4/c1-2-6-3-8(6)13-9-7(10)4-11-5-12-9/h4-6,8H,2-3,10H2,1H3,(H,11,12,13). The number of nitrogen functional groups attached to an aromatic ring is 1. The summed E-state index contributed by atoms with van der Waals surface area (Å²) in [6.07, 6.45) is 5.60. The summed E-state index contributed by atoms with van der Waals surface area (Å²) in [6, 6.07) is 0.571. The molecule has 0 aromatic carbocycles. The molecule has 3 N–H and O–H groups in total. The lowest BCUT2D eigenvalue weighted by Gasteiger charge is -2.05. The van der Waals surface area contributed by atoms with E-state index in [1.807, 2.05) is 0 Å². The van der Waals surface area contributed by atoms with E-state index in [9.17, 15) is 0 Å². The molecule has 4 heteroatoms. The minimum Gasteiger partial charge on any atom is -0.394 e. The molecule has 2 unspecified atom stereocenters. The van der Waals surface area contributed by atoms with E-state index in [1.165, 1.54) is 19.2 Å². The van der Waals surface area contributed by atoms with Gasteiger partial charge in [0, 0.05) is 6.04 Å². The van der Waals surface area contributed by atoms with Crippen molar-refractivity contribution in [3.63, 3.8) is 0 Å². The van der Waals surface area contributed by atoms with Gasteiger partial charge >= 0.3 is 0 Å². The highest BCUT2D eigenvalue weighted by Gasteiger charge is 2.35. The van der Waals surface area contributed by atoms with Crippen LogP contribution in [0.25, 0.3) is 0 Å². The van der Waals surface area contributed by atoms with Crippen LogP contribution in [0.2, 0.25) is 0 Å². The molecule has 1 aromatic heterocycles. The van der Waals surface area contributed by atoms with Crippen molar-refractivity contribution in [2.24, 2.45) is 5.92 Å². The maximum atomic E-state index is 5.70. The Morgan fingerprint density at radius 3 is 3.15 bits per heavy atom. The van der Waals surface area contributed by atoms with Crippen molar-refractivity contribution in [1.29, 1.82) is 0 Å². The van der Waals surface area contributed by atoms with Crippen LogP contribution in [0.5, 0.6) is 0 Å². The van der Waals surface area contributed by atoms with E-state index in [4.69, 9.17) is 5.73 Å². The van der Waals surface area contributed by atoms with Crippen molar-refractivity contribution >= 4 is 11.5 Å². The summed E-state index contributed by atoms with van der Waals surface area (Å²) in [7, 11) is 0. The number of nitrogens with one attached hydrogen (secondary N) is 1. The average Bonchev–Trinajstić information content (AvgIpc) is 2.88. The fraction of sp³-hybridized carbons (Fsp3) is 0.556. The third kappa shape index (κ3) is 1.71. The van der Waals surface area contributed by atoms with E-state index in [0.717, 1.165) is 11.7 Å². The molecule has 1 saturated carbocycles. The topological polar surface area (TPSA) is 63.8 Å². The Hall–Kier alpha value is -1.32. The van der Waals surface area contributed by atoms with Crippen LogP contribution in [0.15, 0.2) is 12.5 Å². The predicted octanol–water partition coefficient (Wildman–Crippen LogP) is 1.27. The predicted molar refractivity (Wildman–Crippen MR) is 52.3 cm³/mol. The van der Waals surface area contributed by atoms with Crippen molar-refractivity contribution in [1.82, 2.24) is 9.97 Å². The summed E-state index contributed by atoms with van der Waals surface area (Å²) in [4.78, 5) is 7.92. The molecular weight excluding hydrogens is 164 g/mol. The first-order chi connectivity index (χ1) is 6.31. The minimum atomic E-state index is 0.571. The third-order valence-corrected chi connectivity index (χ3v) is 2.51. The second-order valence-corrected chi connectivity index (χ2v) is 3.48. The SMILES string of the molecule is CCC1CC1Nc1ncncc1N. The molecule has 0 radical (unpaired) electrons. The van der Waals surface area contributed by atoms with Gasteiger partial charge in [0.1, 0.15) is 6.33 Å². The number of anilines is 2. The maximum Gasteiger partial charge on any atom is 0.152 e. The van der Waals surface area contributed by atoms with Gasteiger partial charge < -0.3 is 11.1 Å². The van der Waals surface area contributed by atoms with Crippen LogP contribution in [0, 0.1) is 5.92 Å². The molecule has 70 valence electrons. The van der Waals surface area contributed by atoms with Crippen molar-refractivity contribution in [2.75, 3.05) is 11.1 Å². The average molecular weight is 178 g/mol. The fourth-order valence-corrected chi connectivity index (χ4v) is 1.51. The molecule has 1 heterocycles. The number of hydrogen-bond donors (Lipinski definition) is 2. The Morgan fingerprint density at radius 1 is 1.69 bits per heavy atom. The number of aromatic nitrogens is 2. The first-order valence-corrected chi connectivity index (χ1v) is 4.63. The lowest BCUT2D eigenvalue weighted by Crippen LogP contribution is -2.08. The molecule has 0 aliphatic heterocycles. The Morgan fingerprint density at radius 2 is 2.54 bits per heavy atom. The van der Waals surface area contributed by atoms with E-state index < -0.39 is 0 Å². The minimum absolute atomic E-state index is 0.571. The van der Waals surface area contributed by atoms with Crippen molar-refractivity contribution in [3.8, 4) is 0 Å². The summed E-state index contributed by atoms with van der Waals surface area (Å²) >= 11 is 0. The summed E-state index contributed by atoms with van der Waals surface area (Å²) in [5, 5.41) is 3.31. The van der Waals surface area contributed by atoms with E-state index >= 15 is 0 Å². The van der Waals surface area contributed by atoms with Crippen LogP contribution in [0.3, 0.4) is 0 Å². The normalized spacial score (nSPS) is 25.6. The highest BCUT2D eigenvalue weighted by atomic mass is 15.1. The van der Waals surface area contributed by atoms with Gasteiger partial charge in [-0.05, 0) is 12.3 Å².